The number of benzene rings is 1. The average molecular weight is 291 g/mol. The predicted molar refractivity (Wildman–Crippen MR) is 80.6 cm³/mol. The van der Waals surface area contributed by atoms with Gasteiger partial charge < -0.3 is 15.4 Å². The zero-order valence-electron chi connectivity index (χ0n) is 11.7. The van der Waals surface area contributed by atoms with Gasteiger partial charge in [-0.3, -0.25) is 4.79 Å². The molecule has 0 aliphatic carbocycles. The number of carbonyl (C=O) groups excluding carboxylic acids is 1. The number of methoxy groups -OCH3 is 1. The summed E-state index contributed by atoms with van der Waals surface area (Å²) in [6, 6.07) is 7.62. The first-order valence-corrected chi connectivity index (χ1v) is 7.02. The Morgan fingerprint density at radius 3 is 2.80 bits per heavy atom. The van der Waals surface area contributed by atoms with E-state index < -0.39 is 0 Å². The van der Waals surface area contributed by atoms with Gasteiger partial charge in [0.2, 0.25) is 0 Å². The zero-order chi connectivity index (χ0) is 14.5. The second-order valence-electron chi connectivity index (χ2n) is 4.18. The van der Waals surface area contributed by atoms with Gasteiger partial charge in [-0.15, -0.1) is 0 Å². The molecule has 6 heteroatoms. The van der Waals surface area contributed by atoms with Gasteiger partial charge in [0.25, 0.3) is 5.91 Å². The standard InChI is InChI=1S/C14H17N3O2S/c1-9-12(20-14(15-2)17-9)13(18)16-8-10-6-4-5-7-11(10)19-3/h4-7H,8H2,1-3H3,(H,15,17)(H,16,18). The van der Waals surface area contributed by atoms with Crippen molar-refractivity contribution in [1.82, 2.24) is 10.3 Å². The molecule has 0 saturated heterocycles. The van der Waals surface area contributed by atoms with Gasteiger partial charge in [0.1, 0.15) is 10.6 Å². The van der Waals surface area contributed by atoms with Crippen molar-refractivity contribution in [2.75, 3.05) is 19.5 Å². The molecule has 0 fully saturated rings. The molecule has 0 radical (unpaired) electrons. The number of para-hydroxylation sites is 1. The average Bonchev–Trinajstić information content (AvgIpc) is 2.86. The first kappa shape index (κ1) is 14.3. The highest BCUT2D eigenvalue weighted by Gasteiger charge is 2.15. The number of nitrogens with one attached hydrogen (secondary N) is 2. The predicted octanol–water partition coefficient (Wildman–Crippen LogP) is 2.43. The highest BCUT2D eigenvalue weighted by molar-refractivity contribution is 7.17. The molecule has 2 rings (SSSR count). The Morgan fingerprint density at radius 1 is 1.40 bits per heavy atom. The number of rotatable bonds is 5. The molecule has 0 spiro atoms. The van der Waals surface area contributed by atoms with Gasteiger partial charge in [-0.25, -0.2) is 4.98 Å². The minimum absolute atomic E-state index is 0.118. The second-order valence-corrected chi connectivity index (χ2v) is 5.18. The molecule has 0 aliphatic rings. The molecule has 0 bridgehead atoms. The Kier molecular flexibility index (Phi) is 4.57. The molecule has 2 N–H and O–H groups in total. The Morgan fingerprint density at radius 2 is 2.15 bits per heavy atom. The van der Waals surface area contributed by atoms with Crippen LogP contribution in [0.5, 0.6) is 5.75 Å². The summed E-state index contributed by atoms with van der Waals surface area (Å²) in [5.41, 5.74) is 1.68. The molecule has 1 aromatic heterocycles. The van der Waals surface area contributed by atoms with E-state index in [-0.39, 0.29) is 5.91 Å². The lowest BCUT2D eigenvalue weighted by atomic mass is 10.2. The van der Waals surface area contributed by atoms with Crippen LogP contribution in [0, 0.1) is 6.92 Å². The largest absolute Gasteiger partial charge is 0.496 e. The number of hydrogen-bond acceptors (Lipinski definition) is 5. The normalized spacial score (nSPS) is 10.2. The van der Waals surface area contributed by atoms with Crippen molar-refractivity contribution >= 4 is 22.4 Å². The van der Waals surface area contributed by atoms with Crippen molar-refractivity contribution in [2.45, 2.75) is 13.5 Å². The highest BCUT2D eigenvalue weighted by Crippen LogP contribution is 2.22. The molecule has 1 aromatic carbocycles. The first-order chi connectivity index (χ1) is 9.65. The number of ether oxygens (including phenoxy) is 1. The summed E-state index contributed by atoms with van der Waals surface area (Å²) < 4.78 is 5.26. The molecular weight excluding hydrogens is 274 g/mol. The second kappa shape index (κ2) is 6.38. The zero-order valence-corrected chi connectivity index (χ0v) is 12.5. The van der Waals surface area contributed by atoms with Crippen molar-refractivity contribution < 1.29 is 9.53 Å². The van der Waals surface area contributed by atoms with Crippen LogP contribution in [0.3, 0.4) is 0 Å². The van der Waals surface area contributed by atoms with E-state index in [2.05, 4.69) is 15.6 Å². The van der Waals surface area contributed by atoms with Crippen LogP contribution in [-0.2, 0) is 6.54 Å². The molecule has 20 heavy (non-hydrogen) atoms. The van der Waals surface area contributed by atoms with E-state index in [0.717, 1.165) is 22.1 Å². The van der Waals surface area contributed by atoms with Gasteiger partial charge in [-0.05, 0) is 13.0 Å². The van der Waals surface area contributed by atoms with Crippen LogP contribution in [0.1, 0.15) is 20.9 Å². The Labute approximate surface area is 122 Å². The van der Waals surface area contributed by atoms with Gasteiger partial charge in [-0.2, -0.15) is 0 Å². The van der Waals surface area contributed by atoms with E-state index in [0.29, 0.717) is 11.4 Å². The number of hydrogen-bond donors (Lipinski definition) is 2. The van der Waals surface area contributed by atoms with E-state index in [1.54, 1.807) is 14.2 Å². The molecule has 2 aromatic rings. The molecule has 106 valence electrons. The third-order valence-corrected chi connectivity index (χ3v) is 4.02. The van der Waals surface area contributed by atoms with Gasteiger partial charge in [0, 0.05) is 19.2 Å². The quantitative estimate of drug-likeness (QED) is 0.888. The minimum atomic E-state index is -0.118. The number of amides is 1. The summed E-state index contributed by atoms with van der Waals surface area (Å²) in [7, 11) is 3.40. The molecule has 1 heterocycles. The van der Waals surface area contributed by atoms with Gasteiger partial charge in [0.05, 0.1) is 12.8 Å². The fraction of sp³-hybridized carbons (Fsp3) is 0.286. The lowest BCUT2D eigenvalue weighted by Gasteiger charge is -2.08. The number of thiazole rings is 1. The fourth-order valence-electron chi connectivity index (χ4n) is 1.82. The van der Waals surface area contributed by atoms with Crippen molar-refractivity contribution in [3.63, 3.8) is 0 Å². The van der Waals surface area contributed by atoms with E-state index >= 15 is 0 Å². The van der Waals surface area contributed by atoms with Crippen LogP contribution in [-0.4, -0.2) is 25.0 Å². The molecule has 0 unspecified atom stereocenters. The first-order valence-electron chi connectivity index (χ1n) is 6.21. The van der Waals surface area contributed by atoms with Crippen LogP contribution in [0.4, 0.5) is 5.13 Å². The number of aryl methyl sites for hydroxylation is 1. The summed E-state index contributed by atoms with van der Waals surface area (Å²) in [5.74, 6) is 0.650. The molecular formula is C14H17N3O2S. The maximum absolute atomic E-state index is 12.2. The van der Waals surface area contributed by atoms with Crippen LogP contribution in [0.15, 0.2) is 24.3 Å². The monoisotopic (exact) mass is 291 g/mol. The van der Waals surface area contributed by atoms with E-state index in [1.807, 2.05) is 31.2 Å². The minimum Gasteiger partial charge on any atom is -0.496 e. The SMILES string of the molecule is CNc1nc(C)c(C(=O)NCc2ccccc2OC)s1. The lowest BCUT2D eigenvalue weighted by Crippen LogP contribution is -2.22. The van der Waals surface area contributed by atoms with Gasteiger partial charge >= 0.3 is 0 Å². The Hall–Kier alpha value is -2.08. The number of carbonyl (C=O) groups is 1. The number of anilines is 1. The van der Waals surface area contributed by atoms with E-state index in [4.69, 9.17) is 4.74 Å². The topological polar surface area (TPSA) is 63.2 Å². The fourth-order valence-corrected chi connectivity index (χ4v) is 2.66. The molecule has 0 atom stereocenters. The van der Waals surface area contributed by atoms with Crippen molar-refractivity contribution in [2.24, 2.45) is 0 Å². The van der Waals surface area contributed by atoms with Crippen LogP contribution in [0.2, 0.25) is 0 Å². The summed E-state index contributed by atoms with van der Waals surface area (Å²) in [6.45, 7) is 2.25. The third kappa shape index (κ3) is 3.08. The molecule has 0 aliphatic heterocycles. The summed E-state index contributed by atoms with van der Waals surface area (Å²) in [4.78, 5) is 17.0. The van der Waals surface area contributed by atoms with Gasteiger partial charge in [0.15, 0.2) is 5.13 Å². The molecule has 0 saturated carbocycles. The van der Waals surface area contributed by atoms with Crippen LogP contribution in [0.25, 0.3) is 0 Å². The summed E-state index contributed by atoms with van der Waals surface area (Å²) in [5, 5.41) is 6.58. The molecule has 1 amide bonds. The Balaban J connectivity index is 2.06. The lowest BCUT2D eigenvalue weighted by molar-refractivity contribution is 0.0954. The maximum atomic E-state index is 12.2. The third-order valence-electron chi connectivity index (χ3n) is 2.85. The van der Waals surface area contributed by atoms with E-state index in [1.165, 1.54) is 11.3 Å². The smallest absolute Gasteiger partial charge is 0.263 e. The highest BCUT2D eigenvalue weighted by atomic mass is 32.1. The number of aromatic nitrogens is 1. The van der Waals surface area contributed by atoms with Gasteiger partial charge in [-0.1, -0.05) is 29.5 Å². The summed E-state index contributed by atoms with van der Waals surface area (Å²) >= 11 is 1.35. The van der Waals surface area contributed by atoms with Crippen molar-refractivity contribution in [3.8, 4) is 5.75 Å². The van der Waals surface area contributed by atoms with Crippen molar-refractivity contribution in [3.05, 3.63) is 40.4 Å². The molecule has 5 nitrogen and oxygen atoms in total. The maximum Gasteiger partial charge on any atom is 0.263 e. The van der Waals surface area contributed by atoms with E-state index in [9.17, 15) is 4.79 Å². The van der Waals surface area contributed by atoms with Crippen molar-refractivity contribution in [1.29, 1.82) is 0 Å². The van der Waals surface area contributed by atoms with Crippen LogP contribution < -0.4 is 15.4 Å². The van der Waals surface area contributed by atoms with Crippen LogP contribution >= 0.6 is 11.3 Å². The summed E-state index contributed by atoms with van der Waals surface area (Å²) in [6.07, 6.45) is 0. The Bertz CT molecular complexity index is 610. The number of nitrogens with zero attached hydrogens (tertiary/aromatic N) is 1.